The topological polar surface area (TPSA) is 109 Å². The molecule has 0 aliphatic heterocycles. The van der Waals surface area contributed by atoms with E-state index in [1.807, 2.05) is 42.5 Å². The number of hydrogen-bond acceptors (Lipinski definition) is 5. The predicted molar refractivity (Wildman–Crippen MR) is 142 cm³/mol. The van der Waals surface area contributed by atoms with E-state index in [0.717, 1.165) is 11.1 Å². The van der Waals surface area contributed by atoms with Gasteiger partial charge in [0.1, 0.15) is 5.58 Å². The molecule has 0 saturated heterocycles. The summed E-state index contributed by atoms with van der Waals surface area (Å²) in [5, 5.41) is 12.8. The number of benzene rings is 3. The number of nitrogens with one attached hydrogen (secondary N) is 2. The zero-order valence-electron chi connectivity index (χ0n) is 20.7. The molecule has 1 atom stereocenters. The van der Waals surface area contributed by atoms with Crippen LogP contribution in [0.4, 0.5) is 5.69 Å². The Hall–Kier alpha value is -3.62. The monoisotopic (exact) mass is 506 g/mol. The molecule has 1 amide bonds. The summed E-state index contributed by atoms with van der Waals surface area (Å²) in [7, 11) is -3.84. The second kappa shape index (κ2) is 9.79. The third-order valence-electron chi connectivity index (χ3n) is 5.80. The van der Waals surface area contributed by atoms with Crippen molar-refractivity contribution in [3.63, 3.8) is 0 Å². The smallest absolute Gasteiger partial charge is 0.287 e. The van der Waals surface area contributed by atoms with Gasteiger partial charge in [-0.05, 0) is 53.8 Å². The summed E-state index contributed by atoms with van der Waals surface area (Å²) < 4.78 is 34.7. The Morgan fingerprint density at radius 2 is 1.67 bits per heavy atom. The van der Waals surface area contributed by atoms with Crippen molar-refractivity contribution in [2.45, 2.75) is 44.1 Å². The largest absolute Gasteiger partial charge is 0.450 e. The minimum absolute atomic E-state index is 0.0726. The van der Waals surface area contributed by atoms with Crippen LogP contribution >= 0.6 is 0 Å². The fourth-order valence-corrected chi connectivity index (χ4v) is 4.93. The Morgan fingerprint density at radius 3 is 2.28 bits per heavy atom. The minimum atomic E-state index is -3.84. The van der Waals surface area contributed by atoms with Crippen LogP contribution in [-0.4, -0.2) is 32.1 Å². The molecule has 1 unspecified atom stereocenters. The highest BCUT2D eigenvalue weighted by Gasteiger charge is 2.23. The molecule has 0 radical (unpaired) electrons. The maximum absolute atomic E-state index is 13.1. The van der Waals surface area contributed by atoms with Gasteiger partial charge >= 0.3 is 0 Å². The van der Waals surface area contributed by atoms with Gasteiger partial charge in [-0.25, -0.2) is 8.42 Å². The zero-order chi connectivity index (χ0) is 26.1. The summed E-state index contributed by atoms with van der Waals surface area (Å²) in [5.74, 6) is -0.373. The number of aliphatic hydroxyl groups is 1. The lowest BCUT2D eigenvalue weighted by Gasteiger charge is -2.19. The van der Waals surface area contributed by atoms with E-state index < -0.39 is 22.0 Å². The highest BCUT2D eigenvalue weighted by atomic mass is 32.2. The maximum atomic E-state index is 13.1. The minimum Gasteiger partial charge on any atom is -0.450 e. The van der Waals surface area contributed by atoms with Gasteiger partial charge in [-0.15, -0.1) is 0 Å². The summed E-state index contributed by atoms with van der Waals surface area (Å²) in [4.78, 5) is 13.0. The standard InChI is InChI=1S/C28H30N2O5S/c1-18(31)17-29-27(32)26-25(19-8-6-5-7-9-19)23-16-21(12-15-24(23)35-26)30-36(33,34)22-13-10-20(11-14-22)28(2,3)4/h5-16,18,30-31H,17H2,1-4H3,(H,29,32). The Balaban J connectivity index is 1.73. The van der Waals surface area contributed by atoms with E-state index in [1.54, 1.807) is 37.3 Å². The molecule has 188 valence electrons. The van der Waals surface area contributed by atoms with Gasteiger partial charge < -0.3 is 14.8 Å². The number of carbonyl (C=O) groups is 1. The van der Waals surface area contributed by atoms with Crippen LogP contribution in [-0.2, 0) is 15.4 Å². The van der Waals surface area contributed by atoms with E-state index in [4.69, 9.17) is 4.42 Å². The molecule has 0 bridgehead atoms. The molecule has 4 aromatic rings. The number of anilines is 1. The quantitative estimate of drug-likeness (QED) is 0.315. The Morgan fingerprint density at radius 1 is 1.00 bits per heavy atom. The summed E-state index contributed by atoms with van der Waals surface area (Å²) >= 11 is 0. The maximum Gasteiger partial charge on any atom is 0.287 e. The average Bonchev–Trinajstić information content (AvgIpc) is 3.21. The van der Waals surface area contributed by atoms with Gasteiger partial charge in [0.15, 0.2) is 0 Å². The third-order valence-corrected chi connectivity index (χ3v) is 7.19. The molecule has 0 spiro atoms. The highest BCUT2D eigenvalue weighted by molar-refractivity contribution is 7.92. The van der Waals surface area contributed by atoms with Crippen LogP contribution in [0.3, 0.4) is 0 Å². The summed E-state index contributed by atoms with van der Waals surface area (Å²) in [6.07, 6.45) is -0.711. The number of sulfonamides is 1. The van der Waals surface area contributed by atoms with E-state index in [-0.39, 0.29) is 22.6 Å². The van der Waals surface area contributed by atoms with E-state index in [1.165, 1.54) is 0 Å². The third kappa shape index (κ3) is 5.45. The van der Waals surface area contributed by atoms with Gasteiger partial charge in [0, 0.05) is 23.2 Å². The molecule has 0 saturated carbocycles. The predicted octanol–water partition coefficient (Wildman–Crippen LogP) is 5.31. The van der Waals surface area contributed by atoms with Gasteiger partial charge in [0.2, 0.25) is 5.76 Å². The van der Waals surface area contributed by atoms with Gasteiger partial charge in [0.05, 0.1) is 11.0 Å². The lowest BCUT2D eigenvalue weighted by molar-refractivity contribution is 0.0899. The van der Waals surface area contributed by atoms with Crippen molar-refractivity contribution >= 4 is 32.6 Å². The molecular formula is C28H30N2O5S. The Labute approximate surface area is 211 Å². The van der Waals surface area contributed by atoms with Crippen molar-refractivity contribution < 1.29 is 22.7 Å². The second-order valence-corrected chi connectivity index (χ2v) is 11.5. The van der Waals surface area contributed by atoms with Crippen LogP contribution in [0.1, 0.15) is 43.8 Å². The Bertz CT molecular complexity index is 1480. The normalized spacial score (nSPS) is 12.9. The Kier molecular flexibility index (Phi) is 6.93. The molecule has 3 aromatic carbocycles. The van der Waals surface area contributed by atoms with Gasteiger partial charge in [-0.1, -0.05) is 63.2 Å². The van der Waals surface area contributed by atoms with Crippen LogP contribution in [0.15, 0.2) is 82.1 Å². The first kappa shape index (κ1) is 25.5. The number of rotatable bonds is 7. The van der Waals surface area contributed by atoms with Crippen LogP contribution in [0.2, 0.25) is 0 Å². The fourth-order valence-electron chi connectivity index (χ4n) is 3.88. The second-order valence-electron chi connectivity index (χ2n) is 9.82. The molecule has 0 aliphatic rings. The molecule has 1 heterocycles. The molecular weight excluding hydrogens is 476 g/mol. The van der Waals surface area contributed by atoms with Gasteiger partial charge in [-0.2, -0.15) is 0 Å². The van der Waals surface area contributed by atoms with E-state index >= 15 is 0 Å². The first-order valence-electron chi connectivity index (χ1n) is 11.7. The van der Waals surface area contributed by atoms with E-state index in [9.17, 15) is 18.3 Å². The molecule has 3 N–H and O–H groups in total. The number of aliphatic hydroxyl groups excluding tert-OH is 1. The average molecular weight is 507 g/mol. The molecule has 0 fully saturated rings. The molecule has 1 aromatic heterocycles. The number of carbonyl (C=O) groups excluding carboxylic acids is 1. The highest BCUT2D eigenvalue weighted by Crippen LogP contribution is 2.37. The number of amides is 1. The number of furan rings is 1. The lowest BCUT2D eigenvalue weighted by Crippen LogP contribution is -2.30. The number of fused-ring (bicyclic) bond motifs is 1. The molecule has 0 aliphatic carbocycles. The summed E-state index contributed by atoms with van der Waals surface area (Å²) in [5.41, 5.74) is 3.02. The summed E-state index contributed by atoms with van der Waals surface area (Å²) in [6.45, 7) is 7.85. The van der Waals surface area contributed by atoms with Crippen molar-refractivity contribution in [2.75, 3.05) is 11.3 Å². The molecule has 4 rings (SSSR count). The molecule has 36 heavy (non-hydrogen) atoms. The van der Waals surface area contributed by atoms with Crippen LogP contribution < -0.4 is 10.0 Å². The van der Waals surface area contributed by atoms with Crippen molar-refractivity contribution in [3.05, 3.63) is 84.1 Å². The van der Waals surface area contributed by atoms with Crippen molar-refractivity contribution in [3.8, 4) is 11.1 Å². The lowest BCUT2D eigenvalue weighted by atomic mass is 9.87. The SMILES string of the molecule is CC(O)CNC(=O)c1oc2ccc(NS(=O)(=O)c3ccc(C(C)(C)C)cc3)cc2c1-c1ccccc1. The first-order chi connectivity index (χ1) is 17.0. The van der Waals surface area contributed by atoms with Gasteiger partial charge in [0.25, 0.3) is 15.9 Å². The van der Waals surface area contributed by atoms with Crippen molar-refractivity contribution in [1.82, 2.24) is 5.32 Å². The van der Waals surface area contributed by atoms with E-state index in [0.29, 0.717) is 22.2 Å². The van der Waals surface area contributed by atoms with Crippen LogP contribution in [0.25, 0.3) is 22.1 Å². The molecule has 7 nitrogen and oxygen atoms in total. The summed E-state index contributed by atoms with van der Waals surface area (Å²) in [6, 6.07) is 21.0. The van der Waals surface area contributed by atoms with Crippen molar-refractivity contribution in [1.29, 1.82) is 0 Å². The van der Waals surface area contributed by atoms with Crippen LogP contribution in [0, 0.1) is 0 Å². The van der Waals surface area contributed by atoms with Crippen LogP contribution in [0.5, 0.6) is 0 Å². The zero-order valence-corrected chi connectivity index (χ0v) is 21.5. The first-order valence-corrected chi connectivity index (χ1v) is 13.2. The van der Waals surface area contributed by atoms with E-state index in [2.05, 4.69) is 30.8 Å². The van der Waals surface area contributed by atoms with Gasteiger partial charge in [-0.3, -0.25) is 9.52 Å². The van der Waals surface area contributed by atoms with Crippen molar-refractivity contribution in [2.24, 2.45) is 0 Å². The molecule has 8 heteroatoms. The number of hydrogen-bond donors (Lipinski definition) is 3. The fraction of sp³-hybridized carbons (Fsp3) is 0.250.